The fourth-order valence-corrected chi connectivity index (χ4v) is 3.50. The van der Waals surface area contributed by atoms with Gasteiger partial charge in [0.25, 0.3) is 0 Å². The summed E-state index contributed by atoms with van der Waals surface area (Å²) in [5, 5.41) is 6.82. The predicted molar refractivity (Wildman–Crippen MR) is 136 cm³/mol. The van der Waals surface area contributed by atoms with Crippen molar-refractivity contribution in [3.63, 3.8) is 0 Å². The zero-order chi connectivity index (χ0) is 24.0. The van der Waals surface area contributed by atoms with Crippen LogP contribution in [-0.2, 0) is 0 Å². The van der Waals surface area contributed by atoms with Gasteiger partial charge in [-0.1, -0.05) is 24.4 Å². The van der Waals surface area contributed by atoms with Crippen molar-refractivity contribution in [2.75, 3.05) is 49.4 Å². The molecule has 1 heterocycles. The van der Waals surface area contributed by atoms with Gasteiger partial charge in [-0.2, -0.15) is 4.98 Å². The number of anilines is 5. The van der Waals surface area contributed by atoms with E-state index in [1.54, 1.807) is 25.6 Å². The van der Waals surface area contributed by atoms with Crippen LogP contribution in [0.5, 0.6) is 17.2 Å². The van der Waals surface area contributed by atoms with Gasteiger partial charge in [-0.25, -0.2) is 4.98 Å². The number of halogens is 1. The van der Waals surface area contributed by atoms with Crippen molar-refractivity contribution in [1.82, 2.24) is 9.97 Å². The Morgan fingerprint density at radius 3 is 2.42 bits per heavy atom. The molecule has 4 N–H and O–H groups in total. The molecular weight excluding hydrogens is 464 g/mol. The van der Waals surface area contributed by atoms with E-state index in [1.807, 2.05) is 37.3 Å². The molecule has 0 aliphatic heterocycles. The Kier molecular flexibility index (Phi) is 8.32. The zero-order valence-corrected chi connectivity index (χ0v) is 20.5. The van der Waals surface area contributed by atoms with Gasteiger partial charge in [0.15, 0.2) is 17.3 Å². The number of methoxy groups -OCH3 is 3. The monoisotopic (exact) mass is 490 g/mol. The number of nitrogens with one attached hydrogen (secondary N) is 2. The van der Waals surface area contributed by atoms with Gasteiger partial charge in [0.2, 0.25) is 5.95 Å². The Morgan fingerprint density at radius 1 is 1.03 bits per heavy atom. The van der Waals surface area contributed by atoms with Crippen molar-refractivity contribution in [3.8, 4) is 17.2 Å². The molecule has 33 heavy (non-hydrogen) atoms. The van der Waals surface area contributed by atoms with Crippen LogP contribution < -0.4 is 34.9 Å². The summed E-state index contributed by atoms with van der Waals surface area (Å²) in [6.45, 7) is 2.92. The highest BCUT2D eigenvalue weighted by Gasteiger charge is 2.15. The summed E-state index contributed by atoms with van der Waals surface area (Å²) in [4.78, 5) is 8.86. The number of benzene rings is 2. The fourth-order valence-electron chi connectivity index (χ4n) is 3.08. The summed E-state index contributed by atoms with van der Waals surface area (Å²) in [5.41, 5.74) is 8.91. The molecule has 0 saturated heterocycles. The summed E-state index contributed by atoms with van der Waals surface area (Å²) >= 11 is 10.9. The number of hydrogen-bond donors (Lipinski definition) is 4. The van der Waals surface area contributed by atoms with Crippen LogP contribution in [0, 0.1) is 6.92 Å². The van der Waals surface area contributed by atoms with Crippen molar-refractivity contribution in [2.24, 2.45) is 5.73 Å². The van der Waals surface area contributed by atoms with Gasteiger partial charge in [-0.3, -0.25) is 0 Å². The zero-order valence-electron chi connectivity index (χ0n) is 18.8. The molecule has 0 fully saturated rings. The number of nitrogens with zero attached hydrogens (tertiary/aromatic N) is 3. The lowest BCUT2D eigenvalue weighted by molar-refractivity contribution is 0.355. The largest absolute Gasteiger partial charge is 0.497 e. The molecule has 0 spiro atoms. The summed E-state index contributed by atoms with van der Waals surface area (Å²) in [6, 6.07) is 9.24. The first-order chi connectivity index (χ1) is 15.9. The molecular formula is C22H27ClN6O3S. The number of aryl methyl sites for hydroxylation is 1. The smallest absolute Gasteiger partial charge is 0.229 e. The van der Waals surface area contributed by atoms with Gasteiger partial charge in [0, 0.05) is 30.9 Å². The molecule has 0 atom stereocenters. The van der Waals surface area contributed by atoms with E-state index in [-0.39, 0.29) is 0 Å². The first-order valence-electron chi connectivity index (χ1n) is 10.0. The van der Waals surface area contributed by atoms with E-state index in [9.17, 15) is 0 Å². The minimum Gasteiger partial charge on any atom is -0.497 e. The number of nitrogens with two attached hydrogens (primary N) is 1. The van der Waals surface area contributed by atoms with Crippen LogP contribution in [0.2, 0.25) is 5.02 Å². The van der Waals surface area contributed by atoms with Crippen molar-refractivity contribution < 1.29 is 14.2 Å². The topological polar surface area (TPSA) is 107 Å². The first-order valence-corrected chi connectivity index (χ1v) is 10.8. The second-order valence-corrected chi connectivity index (χ2v) is 7.85. The van der Waals surface area contributed by atoms with Gasteiger partial charge >= 0.3 is 0 Å². The summed E-state index contributed by atoms with van der Waals surface area (Å²) < 4.78 is 17.8. The van der Waals surface area contributed by atoms with Crippen molar-refractivity contribution in [3.05, 3.63) is 47.1 Å². The molecule has 1 aromatic heterocycles. The molecule has 3 aromatic rings. The lowest BCUT2D eigenvalue weighted by Crippen LogP contribution is -2.21. The van der Waals surface area contributed by atoms with Crippen LogP contribution in [0.4, 0.5) is 28.8 Å². The van der Waals surface area contributed by atoms with Crippen molar-refractivity contribution >= 4 is 53.2 Å². The maximum Gasteiger partial charge on any atom is 0.229 e. The highest BCUT2D eigenvalue weighted by atomic mass is 35.5. The second-order valence-electron chi connectivity index (χ2n) is 6.96. The molecule has 0 unspecified atom stereocenters. The molecule has 0 aliphatic carbocycles. The minimum atomic E-state index is 0.357. The normalized spacial score (nSPS) is 10.5. The van der Waals surface area contributed by atoms with E-state index in [1.165, 1.54) is 6.20 Å². The number of hydrogen-bond acceptors (Lipinski definition) is 10. The maximum absolute atomic E-state index is 6.39. The lowest BCUT2D eigenvalue weighted by Gasteiger charge is -2.22. The Hall–Kier alpha value is -3.08. The van der Waals surface area contributed by atoms with Gasteiger partial charge in [0.05, 0.1) is 38.9 Å². The highest BCUT2D eigenvalue weighted by molar-refractivity contribution is 7.81. The average molecular weight is 491 g/mol. The van der Waals surface area contributed by atoms with Crippen LogP contribution >= 0.6 is 24.4 Å². The Labute approximate surface area is 203 Å². The van der Waals surface area contributed by atoms with Crippen molar-refractivity contribution in [2.45, 2.75) is 6.92 Å². The summed E-state index contributed by atoms with van der Waals surface area (Å²) in [7, 11) is 4.78. The lowest BCUT2D eigenvalue weighted by atomic mass is 10.1. The van der Waals surface area contributed by atoms with Crippen LogP contribution in [0.15, 0.2) is 36.5 Å². The fraction of sp³-hybridized carbons (Fsp3) is 0.273. The van der Waals surface area contributed by atoms with E-state index < -0.39 is 0 Å². The van der Waals surface area contributed by atoms with Crippen LogP contribution in [0.25, 0.3) is 0 Å². The molecule has 0 saturated carbocycles. The van der Waals surface area contributed by atoms with Gasteiger partial charge in [0.1, 0.15) is 10.8 Å². The number of ether oxygens (including phenoxy) is 3. The van der Waals surface area contributed by atoms with E-state index in [4.69, 9.17) is 31.5 Å². The molecule has 9 nitrogen and oxygen atoms in total. The van der Waals surface area contributed by atoms with E-state index >= 15 is 0 Å². The third-order valence-corrected chi connectivity index (χ3v) is 5.49. The van der Waals surface area contributed by atoms with Gasteiger partial charge in [-0.15, -0.1) is 0 Å². The van der Waals surface area contributed by atoms with Crippen LogP contribution in [0.3, 0.4) is 0 Å². The highest BCUT2D eigenvalue weighted by Crippen LogP contribution is 2.36. The van der Waals surface area contributed by atoms with Crippen LogP contribution in [-0.4, -0.2) is 44.4 Å². The van der Waals surface area contributed by atoms with Crippen molar-refractivity contribution in [1.29, 1.82) is 0 Å². The minimum absolute atomic E-state index is 0.357. The molecule has 3 rings (SSSR count). The Morgan fingerprint density at radius 2 is 1.76 bits per heavy atom. The average Bonchev–Trinajstić information content (AvgIpc) is 2.82. The SMILES string of the molecule is COc1ccc(Nc2nc(Nc3cc(OC)c(OC)cc3C)ncc2Cl)c(N(S)CCN)c1. The second kappa shape index (κ2) is 11.2. The number of aromatic nitrogens is 2. The van der Waals surface area contributed by atoms with E-state index in [0.29, 0.717) is 47.1 Å². The predicted octanol–water partition coefficient (Wildman–Crippen LogP) is 4.56. The molecule has 0 amide bonds. The Balaban J connectivity index is 1.92. The Bertz CT molecular complexity index is 1120. The van der Waals surface area contributed by atoms with Gasteiger partial charge in [-0.05, 0) is 30.7 Å². The van der Waals surface area contributed by atoms with Gasteiger partial charge < -0.3 is 34.9 Å². The molecule has 11 heteroatoms. The van der Waals surface area contributed by atoms with Crippen LogP contribution in [0.1, 0.15) is 5.56 Å². The molecule has 2 aromatic carbocycles. The summed E-state index contributed by atoms with van der Waals surface area (Å²) in [5.74, 6) is 2.70. The van der Waals surface area contributed by atoms with E-state index in [2.05, 4.69) is 33.4 Å². The third kappa shape index (κ3) is 5.84. The maximum atomic E-state index is 6.39. The molecule has 176 valence electrons. The third-order valence-electron chi connectivity index (χ3n) is 4.80. The quantitative estimate of drug-likeness (QED) is 0.304. The molecule has 0 aliphatic rings. The number of thiol groups is 1. The standard InChI is InChI=1S/C22H27ClN6O3S/c1-13-9-19(31-3)20(32-4)11-17(13)27-22-25-12-15(23)21(28-22)26-16-6-5-14(30-2)10-18(16)29(33)8-7-24/h5-6,9-12,33H,7-8,24H2,1-4H3,(H2,25,26,27,28). The molecule has 0 radical (unpaired) electrons. The summed E-state index contributed by atoms with van der Waals surface area (Å²) in [6.07, 6.45) is 1.52. The molecule has 0 bridgehead atoms. The van der Waals surface area contributed by atoms with E-state index in [0.717, 1.165) is 22.6 Å². The number of rotatable bonds is 10. The first kappa shape index (κ1) is 24.6.